The molecule has 7 heteroatoms. The van der Waals surface area contributed by atoms with Crippen molar-refractivity contribution in [3.8, 4) is 12.3 Å². The Balaban J connectivity index is 1.52. The summed E-state index contributed by atoms with van der Waals surface area (Å²) < 4.78 is 13.1. The topological polar surface area (TPSA) is 69.7 Å². The SMILES string of the molecule is C#CCN(Cc1ccc(F)cc1)C(=O)CN1C(=O)N[C@@]2(CCc3ccccc32)C1=O. The number of benzene rings is 2. The maximum Gasteiger partial charge on any atom is 0.325 e. The fraction of sp³-hybridized carbons (Fsp3) is 0.261. The largest absolute Gasteiger partial charge is 0.326 e. The van der Waals surface area contributed by atoms with Crippen LogP contribution in [0.1, 0.15) is 23.1 Å². The van der Waals surface area contributed by atoms with E-state index in [4.69, 9.17) is 6.42 Å². The van der Waals surface area contributed by atoms with Crippen LogP contribution in [0.5, 0.6) is 0 Å². The Labute approximate surface area is 173 Å². The number of nitrogens with one attached hydrogen (secondary N) is 1. The van der Waals surface area contributed by atoms with Crippen LogP contribution in [-0.2, 0) is 28.1 Å². The molecular formula is C23H20FN3O3. The first kappa shape index (κ1) is 19.6. The molecule has 1 aliphatic heterocycles. The summed E-state index contributed by atoms with van der Waals surface area (Å²) in [4.78, 5) is 41.0. The zero-order valence-electron chi connectivity index (χ0n) is 16.2. The number of carbonyl (C=O) groups is 3. The average Bonchev–Trinajstić information content (AvgIpc) is 3.22. The van der Waals surface area contributed by atoms with E-state index in [0.717, 1.165) is 16.0 Å². The monoisotopic (exact) mass is 405 g/mol. The normalized spacial score (nSPS) is 19.5. The fourth-order valence-electron chi connectivity index (χ4n) is 4.12. The highest BCUT2D eigenvalue weighted by molar-refractivity contribution is 6.09. The van der Waals surface area contributed by atoms with Crippen molar-refractivity contribution in [1.29, 1.82) is 0 Å². The molecule has 0 saturated carbocycles. The Morgan fingerprint density at radius 3 is 2.67 bits per heavy atom. The number of imide groups is 1. The molecule has 2 aliphatic rings. The Bertz CT molecular complexity index is 1060. The van der Waals surface area contributed by atoms with Gasteiger partial charge in [0.15, 0.2) is 0 Å². The van der Waals surface area contributed by atoms with Crippen molar-refractivity contribution in [2.75, 3.05) is 13.1 Å². The van der Waals surface area contributed by atoms with Crippen LogP contribution < -0.4 is 5.32 Å². The molecule has 0 unspecified atom stereocenters. The lowest BCUT2D eigenvalue weighted by molar-refractivity contribution is -0.139. The molecule has 0 aromatic heterocycles. The summed E-state index contributed by atoms with van der Waals surface area (Å²) in [7, 11) is 0. The lowest BCUT2D eigenvalue weighted by Gasteiger charge is -2.24. The third-order valence-electron chi connectivity index (χ3n) is 5.64. The lowest BCUT2D eigenvalue weighted by Crippen LogP contribution is -2.44. The summed E-state index contributed by atoms with van der Waals surface area (Å²) in [6.45, 7) is -0.244. The van der Waals surface area contributed by atoms with Crippen molar-refractivity contribution in [1.82, 2.24) is 15.1 Å². The summed E-state index contributed by atoms with van der Waals surface area (Å²) in [5.74, 6) is 1.16. The number of urea groups is 1. The number of fused-ring (bicyclic) bond motifs is 2. The summed E-state index contributed by atoms with van der Waals surface area (Å²) in [5, 5.41) is 2.80. The lowest BCUT2D eigenvalue weighted by atomic mass is 9.92. The summed E-state index contributed by atoms with van der Waals surface area (Å²) in [6, 6.07) is 12.6. The van der Waals surface area contributed by atoms with Gasteiger partial charge in [0.2, 0.25) is 5.91 Å². The van der Waals surface area contributed by atoms with Crippen LogP contribution in [0.15, 0.2) is 48.5 Å². The number of rotatable bonds is 5. The van der Waals surface area contributed by atoms with E-state index in [1.54, 1.807) is 12.1 Å². The van der Waals surface area contributed by atoms with Crippen LogP contribution >= 0.6 is 0 Å². The van der Waals surface area contributed by atoms with Crippen LogP contribution in [0.25, 0.3) is 0 Å². The fourth-order valence-corrected chi connectivity index (χ4v) is 4.12. The molecule has 1 aliphatic carbocycles. The van der Waals surface area contributed by atoms with E-state index < -0.39 is 29.9 Å². The van der Waals surface area contributed by atoms with Crippen LogP contribution in [0.2, 0.25) is 0 Å². The van der Waals surface area contributed by atoms with Gasteiger partial charge < -0.3 is 10.2 Å². The quantitative estimate of drug-likeness (QED) is 0.612. The Kier molecular flexibility index (Phi) is 5.00. The molecule has 30 heavy (non-hydrogen) atoms. The molecule has 1 saturated heterocycles. The van der Waals surface area contributed by atoms with Crippen molar-refractivity contribution in [3.63, 3.8) is 0 Å². The van der Waals surface area contributed by atoms with Crippen molar-refractivity contribution < 1.29 is 18.8 Å². The van der Waals surface area contributed by atoms with Gasteiger partial charge in [-0.1, -0.05) is 42.3 Å². The molecule has 152 valence electrons. The summed E-state index contributed by atoms with van der Waals surface area (Å²) >= 11 is 0. The van der Waals surface area contributed by atoms with Gasteiger partial charge in [-0.15, -0.1) is 6.42 Å². The minimum Gasteiger partial charge on any atom is -0.326 e. The van der Waals surface area contributed by atoms with E-state index >= 15 is 0 Å². The second-order valence-corrected chi connectivity index (χ2v) is 7.46. The van der Waals surface area contributed by atoms with E-state index in [1.807, 2.05) is 24.3 Å². The first-order valence-corrected chi connectivity index (χ1v) is 9.63. The van der Waals surface area contributed by atoms with E-state index in [0.29, 0.717) is 18.4 Å². The number of halogens is 1. The summed E-state index contributed by atoms with van der Waals surface area (Å²) in [5.41, 5.74) is 1.38. The number of carbonyl (C=O) groups excluding carboxylic acids is 3. The van der Waals surface area contributed by atoms with Gasteiger partial charge in [0.1, 0.15) is 17.9 Å². The molecule has 0 bridgehead atoms. The van der Waals surface area contributed by atoms with E-state index in [2.05, 4.69) is 11.2 Å². The number of nitrogens with zero attached hydrogens (tertiary/aromatic N) is 2. The average molecular weight is 405 g/mol. The van der Waals surface area contributed by atoms with Crippen LogP contribution in [0.4, 0.5) is 9.18 Å². The number of terminal acetylenes is 1. The molecule has 4 amide bonds. The molecule has 2 aromatic carbocycles. The molecule has 2 aromatic rings. The van der Waals surface area contributed by atoms with Crippen molar-refractivity contribution in [2.45, 2.75) is 24.9 Å². The number of hydrogen-bond donors (Lipinski definition) is 1. The number of amides is 4. The van der Waals surface area contributed by atoms with Crippen LogP contribution in [0.3, 0.4) is 0 Å². The highest BCUT2D eigenvalue weighted by Crippen LogP contribution is 2.41. The van der Waals surface area contributed by atoms with Gasteiger partial charge in [0, 0.05) is 6.54 Å². The number of aryl methyl sites for hydroxylation is 1. The molecule has 4 rings (SSSR count). The molecule has 1 spiro atoms. The summed E-state index contributed by atoms with van der Waals surface area (Å²) in [6.07, 6.45) is 6.53. The third-order valence-corrected chi connectivity index (χ3v) is 5.64. The predicted octanol–water partition coefficient (Wildman–Crippen LogP) is 2.18. The standard InChI is InChI=1S/C23H20FN3O3/c1-2-13-26(14-16-7-9-18(24)10-8-16)20(28)15-27-21(29)23(25-22(27)30)12-11-17-5-3-4-6-19(17)23/h1,3-10H,11-15H2,(H,25,30)/t23-/m1/s1. The van der Waals surface area contributed by atoms with E-state index in [-0.39, 0.29) is 18.9 Å². The minimum absolute atomic E-state index is 0.00777. The first-order valence-electron chi connectivity index (χ1n) is 9.63. The molecule has 6 nitrogen and oxygen atoms in total. The van der Waals surface area contributed by atoms with Gasteiger partial charge in [-0.25, -0.2) is 9.18 Å². The van der Waals surface area contributed by atoms with Crippen LogP contribution in [-0.4, -0.2) is 40.7 Å². The van der Waals surface area contributed by atoms with Crippen molar-refractivity contribution in [2.24, 2.45) is 0 Å². The smallest absolute Gasteiger partial charge is 0.325 e. The van der Waals surface area contributed by atoms with Crippen molar-refractivity contribution >= 4 is 17.8 Å². The Morgan fingerprint density at radius 1 is 1.20 bits per heavy atom. The molecule has 1 atom stereocenters. The Hall–Kier alpha value is -3.66. The highest BCUT2D eigenvalue weighted by Gasteiger charge is 2.55. The molecule has 1 N–H and O–H groups in total. The maximum atomic E-state index is 13.2. The molecule has 0 radical (unpaired) electrons. The van der Waals surface area contributed by atoms with Gasteiger partial charge in [0.05, 0.1) is 6.54 Å². The van der Waals surface area contributed by atoms with Gasteiger partial charge in [0.25, 0.3) is 5.91 Å². The zero-order valence-corrected chi connectivity index (χ0v) is 16.2. The molecule has 1 heterocycles. The third kappa shape index (κ3) is 3.30. The number of hydrogen-bond acceptors (Lipinski definition) is 3. The van der Waals surface area contributed by atoms with Crippen LogP contribution in [0, 0.1) is 18.2 Å². The highest BCUT2D eigenvalue weighted by atomic mass is 19.1. The van der Waals surface area contributed by atoms with Crippen molar-refractivity contribution in [3.05, 3.63) is 71.0 Å². The molecular weight excluding hydrogens is 385 g/mol. The van der Waals surface area contributed by atoms with Gasteiger partial charge in [-0.3, -0.25) is 14.5 Å². The van der Waals surface area contributed by atoms with Gasteiger partial charge in [-0.05, 0) is 41.7 Å². The second-order valence-electron chi connectivity index (χ2n) is 7.46. The van der Waals surface area contributed by atoms with Gasteiger partial charge >= 0.3 is 6.03 Å². The minimum atomic E-state index is -1.11. The molecule has 1 fully saturated rings. The van der Waals surface area contributed by atoms with E-state index in [1.165, 1.54) is 17.0 Å². The maximum absolute atomic E-state index is 13.2. The van der Waals surface area contributed by atoms with Gasteiger partial charge in [-0.2, -0.15) is 0 Å². The second kappa shape index (κ2) is 7.64. The predicted molar refractivity (Wildman–Crippen MR) is 107 cm³/mol. The van der Waals surface area contributed by atoms with E-state index in [9.17, 15) is 18.8 Å². The Morgan fingerprint density at radius 2 is 1.93 bits per heavy atom. The first-order chi connectivity index (χ1) is 14.4. The zero-order chi connectivity index (χ0) is 21.3.